The quantitative estimate of drug-likeness (QED) is 0.116. The molecule has 0 aliphatic carbocycles. The van der Waals surface area contributed by atoms with Gasteiger partial charge in [0.05, 0.1) is 22.6 Å². The fraction of sp³-hybridized carbons (Fsp3) is 0.303. The highest BCUT2D eigenvalue weighted by Gasteiger charge is 2.42. The first-order chi connectivity index (χ1) is 20.1. The van der Waals surface area contributed by atoms with E-state index >= 15 is 0 Å². The number of hydrogen-bond donors (Lipinski definition) is 0. The number of benzene rings is 3. The molecule has 6 nitrogen and oxygen atoms in total. The third-order valence-corrected chi connectivity index (χ3v) is 8.74. The molecule has 1 aliphatic rings. The Kier molecular flexibility index (Phi) is 10.9. The van der Waals surface area contributed by atoms with Crippen LogP contribution in [0.2, 0.25) is 0 Å². The molecule has 220 valence electrons. The van der Waals surface area contributed by atoms with Gasteiger partial charge in [-0.1, -0.05) is 73.4 Å². The van der Waals surface area contributed by atoms with Crippen molar-refractivity contribution in [2.75, 3.05) is 13.2 Å². The van der Waals surface area contributed by atoms with E-state index in [0.29, 0.717) is 50.4 Å². The Labute approximate surface area is 265 Å². The van der Waals surface area contributed by atoms with Gasteiger partial charge < -0.3 is 14.2 Å². The molecule has 4 rings (SSSR count). The summed E-state index contributed by atoms with van der Waals surface area (Å²) in [4.78, 5) is 28.6. The second-order valence-corrected chi connectivity index (χ2v) is 12.5. The van der Waals surface area contributed by atoms with E-state index in [1.54, 1.807) is 18.2 Å². The third-order valence-electron chi connectivity index (χ3n) is 6.82. The van der Waals surface area contributed by atoms with Gasteiger partial charge in [0.25, 0.3) is 5.91 Å². The summed E-state index contributed by atoms with van der Waals surface area (Å²) in [5, 5.41) is 0. The Hall–Kier alpha value is -3.14. The number of hydrogen-bond acceptors (Lipinski definition) is 7. The van der Waals surface area contributed by atoms with Gasteiger partial charge in [0.1, 0.15) is 10.9 Å². The number of aryl methyl sites for hydroxylation is 3. The van der Waals surface area contributed by atoms with E-state index in [1.807, 2.05) is 44.2 Å². The minimum Gasteiger partial charge on any atom is -0.490 e. The average molecular weight is 669 g/mol. The highest BCUT2D eigenvalue weighted by molar-refractivity contribution is 9.10. The summed E-state index contributed by atoms with van der Waals surface area (Å²) in [6, 6.07) is 16.1. The SMILES string of the molecule is CCCOC(=O)C(c1ccccc1)N1C(=O)/C(=C\c2cc(Br)c(OCc3cc(C)c(C)cc3C)c(OCC)c2)SC1=S. The van der Waals surface area contributed by atoms with Crippen molar-refractivity contribution in [1.82, 2.24) is 4.90 Å². The van der Waals surface area contributed by atoms with Crippen LogP contribution in [0.15, 0.2) is 64.0 Å². The van der Waals surface area contributed by atoms with Crippen molar-refractivity contribution in [3.63, 3.8) is 0 Å². The summed E-state index contributed by atoms with van der Waals surface area (Å²) in [6.07, 6.45) is 2.43. The van der Waals surface area contributed by atoms with Crippen molar-refractivity contribution in [2.24, 2.45) is 0 Å². The van der Waals surface area contributed by atoms with Gasteiger partial charge in [-0.15, -0.1) is 0 Å². The summed E-state index contributed by atoms with van der Waals surface area (Å²) in [5.41, 5.74) is 6.09. The first-order valence-corrected chi connectivity index (χ1v) is 15.8. The van der Waals surface area contributed by atoms with Crippen LogP contribution in [0.4, 0.5) is 0 Å². The van der Waals surface area contributed by atoms with E-state index in [-0.39, 0.29) is 12.5 Å². The van der Waals surface area contributed by atoms with Gasteiger partial charge >= 0.3 is 5.97 Å². The molecule has 42 heavy (non-hydrogen) atoms. The molecule has 3 aromatic carbocycles. The molecule has 0 spiro atoms. The standard InChI is InChI=1S/C33H34BrNO5S2/c1-6-13-39-32(37)29(24-11-9-8-10-12-24)35-31(36)28(42-33(35)41)18-23-16-26(34)30(27(17-23)38-7-2)40-19-25-15-21(4)20(3)14-22(25)5/h8-12,14-18,29H,6-7,13,19H2,1-5H3/b28-18+. The molecule has 1 heterocycles. The van der Waals surface area contributed by atoms with Crippen LogP contribution in [-0.2, 0) is 20.9 Å². The van der Waals surface area contributed by atoms with Gasteiger partial charge in [-0.05, 0) is 102 Å². The second kappa shape index (κ2) is 14.4. The van der Waals surface area contributed by atoms with Crippen LogP contribution in [0.5, 0.6) is 11.5 Å². The molecule has 0 N–H and O–H groups in total. The van der Waals surface area contributed by atoms with Crippen molar-refractivity contribution in [3.05, 3.63) is 97.4 Å². The molecule has 1 unspecified atom stereocenters. The van der Waals surface area contributed by atoms with Crippen LogP contribution in [0, 0.1) is 20.8 Å². The normalized spacial score (nSPS) is 14.8. The molecule has 3 aromatic rings. The van der Waals surface area contributed by atoms with Crippen molar-refractivity contribution in [1.29, 1.82) is 0 Å². The predicted molar refractivity (Wildman–Crippen MR) is 176 cm³/mol. The summed E-state index contributed by atoms with van der Waals surface area (Å²) in [7, 11) is 0. The molecule has 1 saturated heterocycles. The van der Waals surface area contributed by atoms with Crippen molar-refractivity contribution in [3.8, 4) is 11.5 Å². The molecule has 0 aromatic heterocycles. The number of thiocarbonyl (C=S) groups is 1. The van der Waals surface area contributed by atoms with E-state index in [4.69, 9.17) is 26.4 Å². The molecular formula is C33H34BrNO5S2. The molecular weight excluding hydrogens is 634 g/mol. The number of nitrogens with zero attached hydrogens (tertiary/aromatic N) is 1. The molecule has 1 aliphatic heterocycles. The van der Waals surface area contributed by atoms with Gasteiger partial charge in [-0.25, -0.2) is 4.79 Å². The Balaban J connectivity index is 1.63. The zero-order chi connectivity index (χ0) is 30.4. The third kappa shape index (κ3) is 7.25. The van der Waals surface area contributed by atoms with Crippen LogP contribution < -0.4 is 9.47 Å². The zero-order valence-corrected chi connectivity index (χ0v) is 27.6. The van der Waals surface area contributed by atoms with Crippen LogP contribution in [-0.4, -0.2) is 34.3 Å². The Morgan fingerprint density at radius 1 is 1.02 bits per heavy atom. The highest BCUT2D eigenvalue weighted by Crippen LogP contribution is 2.42. The number of carbonyl (C=O) groups is 2. The molecule has 9 heteroatoms. The lowest BCUT2D eigenvalue weighted by Gasteiger charge is -2.25. The van der Waals surface area contributed by atoms with Gasteiger partial charge in [0, 0.05) is 0 Å². The second-order valence-electron chi connectivity index (χ2n) is 9.95. The molecule has 0 bridgehead atoms. The largest absolute Gasteiger partial charge is 0.490 e. The first kappa shape index (κ1) is 31.8. The molecule has 0 radical (unpaired) electrons. The van der Waals surface area contributed by atoms with Crippen LogP contribution in [0.3, 0.4) is 0 Å². The lowest BCUT2D eigenvalue weighted by Crippen LogP contribution is -2.38. The van der Waals surface area contributed by atoms with Crippen molar-refractivity contribution in [2.45, 2.75) is 53.7 Å². The summed E-state index contributed by atoms with van der Waals surface area (Å²) in [5.74, 6) is 0.275. The lowest BCUT2D eigenvalue weighted by molar-refractivity contribution is -0.151. The number of amides is 1. The number of thioether (sulfide) groups is 1. The molecule has 1 fully saturated rings. The fourth-order valence-corrected chi connectivity index (χ4v) is 6.45. The van der Waals surface area contributed by atoms with Gasteiger partial charge in [-0.2, -0.15) is 0 Å². The number of rotatable bonds is 11. The number of carbonyl (C=O) groups excluding carboxylic acids is 2. The Morgan fingerprint density at radius 2 is 1.74 bits per heavy atom. The minimum absolute atomic E-state index is 0.262. The number of esters is 1. The minimum atomic E-state index is -0.966. The summed E-state index contributed by atoms with van der Waals surface area (Å²) >= 11 is 10.4. The number of ether oxygens (including phenoxy) is 3. The van der Waals surface area contributed by atoms with E-state index < -0.39 is 12.0 Å². The summed E-state index contributed by atoms with van der Waals surface area (Å²) < 4.78 is 18.6. The first-order valence-electron chi connectivity index (χ1n) is 13.8. The van der Waals surface area contributed by atoms with E-state index in [1.165, 1.54) is 21.6 Å². The number of halogens is 1. The maximum Gasteiger partial charge on any atom is 0.333 e. The lowest BCUT2D eigenvalue weighted by atomic mass is 10.0. The Bertz CT molecular complexity index is 1520. The predicted octanol–water partition coefficient (Wildman–Crippen LogP) is 8.25. The maximum atomic E-state index is 13.7. The molecule has 1 atom stereocenters. The van der Waals surface area contributed by atoms with Crippen molar-refractivity contribution < 1.29 is 23.8 Å². The fourth-order valence-electron chi connectivity index (χ4n) is 4.56. The van der Waals surface area contributed by atoms with Gasteiger partial charge in [0.15, 0.2) is 17.5 Å². The van der Waals surface area contributed by atoms with Crippen LogP contribution in [0.25, 0.3) is 6.08 Å². The maximum absolute atomic E-state index is 13.7. The van der Waals surface area contributed by atoms with E-state index in [9.17, 15) is 9.59 Å². The van der Waals surface area contributed by atoms with E-state index in [0.717, 1.165) is 22.9 Å². The Morgan fingerprint density at radius 3 is 2.43 bits per heavy atom. The molecule has 1 amide bonds. The van der Waals surface area contributed by atoms with Crippen molar-refractivity contribution >= 4 is 62.2 Å². The van der Waals surface area contributed by atoms with Crippen LogP contribution >= 0.6 is 39.9 Å². The molecule has 0 saturated carbocycles. The van der Waals surface area contributed by atoms with Gasteiger partial charge in [0.2, 0.25) is 0 Å². The zero-order valence-electron chi connectivity index (χ0n) is 24.4. The monoisotopic (exact) mass is 667 g/mol. The van der Waals surface area contributed by atoms with E-state index in [2.05, 4.69) is 48.8 Å². The topological polar surface area (TPSA) is 65.1 Å². The average Bonchev–Trinajstić information content (AvgIpc) is 3.22. The summed E-state index contributed by atoms with van der Waals surface area (Å²) in [6.45, 7) is 11.2. The smallest absolute Gasteiger partial charge is 0.333 e. The van der Waals surface area contributed by atoms with Gasteiger partial charge in [-0.3, -0.25) is 9.69 Å². The highest BCUT2D eigenvalue weighted by atomic mass is 79.9. The van der Waals surface area contributed by atoms with Crippen LogP contribution in [0.1, 0.15) is 59.7 Å².